The molecule has 0 aliphatic carbocycles. The molecule has 1 aromatic carbocycles. The van der Waals surface area contributed by atoms with Gasteiger partial charge in [0.15, 0.2) is 6.10 Å². The predicted octanol–water partition coefficient (Wildman–Crippen LogP) is 2.68. The Labute approximate surface area is 101 Å². The van der Waals surface area contributed by atoms with Gasteiger partial charge in [-0.25, -0.2) is 0 Å². The number of benzene rings is 1. The van der Waals surface area contributed by atoms with Crippen LogP contribution in [0.5, 0.6) is 0 Å². The Hall–Kier alpha value is -1.82. The van der Waals surface area contributed by atoms with Gasteiger partial charge in [-0.15, -0.1) is 0 Å². The van der Waals surface area contributed by atoms with E-state index in [-0.39, 0.29) is 5.69 Å². The van der Waals surface area contributed by atoms with Gasteiger partial charge in [0, 0.05) is 12.6 Å². The van der Waals surface area contributed by atoms with Gasteiger partial charge in [0.2, 0.25) is 0 Å². The average molecular weight is 256 g/mol. The van der Waals surface area contributed by atoms with Gasteiger partial charge in [0.1, 0.15) is 0 Å². The fourth-order valence-electron chi connectivity index (χ4n) is 1.66. The number of aliphatic hydroxyl groups excluding tert-OH is 1. The van der Waals surface area contributed by atoms with E-state index in [1.165, 1.54) is 13.1 Å². The smallest absolute Gasteiger partial charge is 0.378 e. The van der Waals surface area contributed by atoms with Crippen LogP contribution in [0.2, 0.25) is 0 Å². The summed E-state index contributed by atoms with van der Waals surface area (Å²) in [6.07, 6.45) is -7.21. The minimum absolute atomic E-state index is 0.277. The summed E-state index contributed by atoms with van der Waals surface area (Å²) in [5.41, 5.74) is 0.825. The van der Waals surface area contributed by atoms with E-state index in [0.29, 0.717) is 11.3 Å². The van der Waals surface area contributed by atoms with Crippen molar-refractivity contribution in [1.29, 1.82) is 0 Å². The summed E-state index contributed by atoms with van der Waals surface area (Å²) in [7, 11) is 1.37. The number of halogens is 3. The molecule has 1 heterocycles. The number of hydrogen-bond donors (Lipinski definition) is 1. The minimum atomic E-state index is -4.69. The lowest BCUT2D eigenvalue weighted by Gasteiger charge is -2.13. The summed E-state index contributed by atoms with van der Waals surface area (Å²) in [5, 5.41) is 13.2. The van der Waals surface area contributed by atoms with Gasteiger partial charge in [0.05, 0.1) is 11.4 Å². The van der Waals surface area contributed by atoms with Gasteiger partial charge in [-0.05, 0) is 6.07 Å². The lowest BCUT2D eigenvalue weighted by atomic mass is 10.1. The molecule has 6 heteroatoms. The van der Waals surface area contributed by atoms with Crippen LogP contribution in [0.1, 0.15) is 11.8 Å². The van der Waals surface area contributed by atoms with E-state index in [9.17, 15) is 18.3 Å². The first-order valence-electron chi connectivity index (χ1n) is 5.23. The van der Waals surface area contributed by atoms with E-state index in [1.807, 2.05) is 0 Å². The number of nitrogens with zero attached hydrogens (tertiary/aromatic N) is 2. The Kier molecular flexibility index (Phi) is 3.13. The van der Waals surface area contributed by atoms with Crippen LogP contribution in [0.3, 0.4) is 0 Å². The molecule has 0 saturated heterocycles. The van der Waals surface area contributed by atoms with Gasteiger partial charge in [-0.2, -0.15) is 18.3 Å². The molecule has 2 rings (SSSR count). The molecule has 0 saturated carbocycles. The van der Waals surface area contributed by atoms with Crippen LogP contribution in [0.4, 0.5) is 13.2 Å². The summed E-state index contributed by atoms with van der Waals surface area (Å²) in [4.78, 5) is 0. The Morgan fingerprint density at radius 2 is 1.83 bits per heavy atom. The Bertz CT molecular complexity index is 534. The Morgan fingerprint density at radius 3 is 2.39 bits per heavy atom. The van der Waals surface area contributed by atoms with Crippen molar-refractivity contribution in [2.24, 2.45) is 7.05 Å². The highest BCUT2D eigenvalue weighted by atomic mass is 19.4. The molecule has 0 bridgehead atoms. The van der Waals surface area contributed by atoms with E-state index < -0.39 is 12.3 Å². The van der Waals surface area contributed by atoms with Crippen molar-refractivity contribution in [3.05, 3.63) is 42.1 Å². The number of rotatable bonds is 2. The molecule has 1 aromatic heterocycles. The Morgan fingerprint density at radius 1 is 1.22 bits per heavy atom. The zero-order valence-corrected chi connectivity index (χ0v) is 9.52. The van der Waals surface area contributed by atoms with Crippen molar-refractivity contribution >= 4 is 0 Å². The summed E-state index contributed by atoms with van der Waals surface area (Å²) >= 11 is 0. The molecule has 0 radical (unpaired) electrons. The molecule has 0 amide bonds. The number of aliphatic hydroxyl groups is 1. The zero-order valence-electron chi connectivity index (χ0n) is 9.52. The van der Waals surface area contributed by atoms with Crippen LogP contribution < -0.4 is 0 Å². The zero-order chi connectivity index (χ0) is 13.3. The topological polar surface area (TPSA) is 38.0 Å². The van der Waals surface area contributed by atoms with Crippen LogP contribution in [-0.2, 0) is 7.05 Å². The molecule has 0 aliphatic heterocycles. The highest BCUT2D eigenvalue weighted by Crippen LogP contribution is 2.33. The fraction of sp³-hybridized carbons (Fsp3) is 0.250. The molecule has 3 nitrogen and oxygen atoms in total. The molecule has 0 unspecified atom stereocenters. The standard InChI is InChI=1S/C12H11F3N2O/c1-17-10(11(18)12(13,14)15)7-9(16-17)8-5-3-2-4-6-8/h2-7,11,18H,1H3/t11-/m0/s1. The lowest BCUT2D eigenvalue weighted by molar-refractivity contribution is -0.208. The third kappa shape index (κ3) is 2.38. The second-order valence-corrected chi connectivity index (χ2v) is 3.89. The molecule has 18 heavy (non-hydrogen) atoms. The first kappa shape index (κ1) is 12.6. The van der Waals surface area contributed by atoms with Gasteiger partial charge >= 0.3 is 6.18 Å². The van der Waals surface area contributed by atoms with Gasteiger partial charge in [0.25, 0.3) is 0 Å². The van der Waals surface area contributed by atoms with Crippen LogP contribution in [0.25, 0.3) is 11.3 Å². The van der Waals surface area contributed by atoms with Crippen LogP contribution in [-0.4, -0.2) is 21.1 Å². The quantitative estimate of drug-likeness (QED) is 0.897. The SMILES string of the molecule is Cn1nc(-c2ccccc2)cc1[C@H](O)C(F)(F)F. The first-order chi connectivity index (χ1) is 8.39. The Balaban J connectivity index is 2.39. The molecule has 0 aliphatic rings. The van der Waals surface area contributed by atoms with Crippen LogP contribution in [0.15, 0.2) is 36.4 Å². The van der Waals surface area contributed by atoms with Crippen LogP contribution >= 0.6 is 0 Å². The molecule has 2 aromatic rings. The largest absolute Gasteiger partial charge is 0.420 e. The summed E-state index contributed by atoms with van der Waals surface area (Å²) < 4.78 is 38.3. The maximum absolute atomic E-state index is 12.4. The summed E-state index contributed by atoms with van der Waals surface area (Å²) in [6.45, 7) is 0. The number of alkyl halides is 3. The number of hydrogen-bond acceptors (Lipinski definition) is 2. The van der Waals surface area contributed by atoms with E-state index in [4.69, 9.17) is 0 Å². The van der Waals surface area contributed by atoms with Crippen molar-refractivity contribution in [3.8, 4) is 11.3 Å². The molecule has 0 fully saturated rings. The first-order valence-corrected chi connectivity index (χ1v) is 5.23. The lowest BCUT2D eigenvalue weighted by Crippen LogP contribution is -2.22. The average Bonchev–Trinajstić information content (AvgIpc) is 2.70. The van der Waals surface area contributed by atoms with E-state index >= 15 is 0 Å². The molecule has 1 atom stereocenters. The highest BCUT2D eigenvalue weighted by molar-refractivity contribution is 5.59. The monoisotopic (exact) mass is 256 g/mol. The summed E-state index contributed by atoms with van der Waals surface area (Å²) in [5.74, 6) is 0. The molecule has 0 spiro atoms. The van der Waals surface area contributed by atoms with Crippen molar-refractivity contribution in [2.75, 3.05) is 0 Å². The molecular weight excluding hydrogens is 245 g/mol. The van der Waals surface area contributed by atoms with Gasteiger partial charge < -0.3 is 5.11 Å². The molecular formula is C12H11F3N2O. The summed E-state index contributed by atoms with van der Waals surface area (Å²) in [6, 6.07) is 10.1. The van der Waals surface area contributed by atoms with Crippen LogP contribution in [0, 0.1) is 0 Å². The van der Waals surface area contributed by atoms with Crippen molar-refractivity contribution in [1.82, 2.24) is 9.78 Å². The predicted molar refractivity (Wildman–Crippen MR) is 59.7 cm³/mol. The second-order valence-electron chi connectivity index (χ2n) is 3.89. The highest BCUT2D eigenvalue weighted by Gasteiger charge is 2.41. The number of aromatic nitrogens is 2. The van der Waals surface area contributed by atoms with Gasteiger partial charge in [-0.1, -0.05) is 30.3 Å². The molecule has 96 valence electrons. The third-order valence-electron chi connectivity index (χ3n) is 2.58. The fourth-order valence-corrected chi connectivity index (χ4v) is 1.66. The van der Waals surface area contributed by atoms with E-state index in [1.54, 1.807) is 30.3 Å². The maximum atomic E-state index is 12.4. The normalized spacial score (nSPS) is 13.6. The van der Waals surface area contributed by atoms with E-state index in [0.717, 1.165) is 4.68 Å². The van der Waals surface area contributed by atoms with Crippen molar-refractivity contribution in [3.63, 3.8) is 0 Å². The third-order valence-corrected chi connectivity index (χ3v) is 2.58. The maximum Gasteiger partial charge on any atom is 0.420 e. The van der Waals surface area contributed by atoms with E-state index in [2.05, 4.69) is 5.10 Å². The van der Waals surface area contributed by atoms with Gasteiger partial charge in [-0.3, -0.25) is 4.68 Å². The second kappa shape index (κ2) is 4.45. The molecule has 1 N–H and O–H groups in total. The van der Waals surface area contributed by atoms with Crippen molar-refractivity contribution in [2.45, 2.75) is 12.3 Å². The minimum Gasteiger partial charge on any atom is -0.378 e. The van der Waals surface area contributed by atoms with Crippen molar-refractivity contribution < 1.29 is 18.3 Å². The number of aryl methyl sites for hydroxylation is 1.